The fourth-order valence-electron chi connectivity index (χ4n) is 3.11. The fourth-order valence-corrected chi connectivity index (χ4v) is 3.11. The molecule has 0 aromatic heterocycles. The molecule has 0 heterocycles. The molecule has 2 nitrogen and oxygen atoms in total. The van der Waals surface area contributed by atoms with Crippen molar-refractivity contribution in [3.63, 3.8) is 0 Å². The Kier molecular flexibility index (Phi) is 6.36. The highest BCUT2D eigenvalue weighted by molar-refractivity contribution is 5.90. The van der Waals surface area contributed by atoms with Crippen molar-refractivity contribution in [2.75, 3.05) is 0 Å². The van der Waals surface area contributed by atoms with E-state index in [1.807, 2.05) is 24.3 Å². The molecule has 0 bridgehead atoms. The number of aliphatic hydroxyl groups is 2. The van der Waals surface area contributed by atoms with Crippen LogP contribution in [0.4, 0.5) is 0 Å². The Bertz CT molecular complexity index is 615. The van der Waals surface area contributed by atoms with Gasteiger partial charge in [-0.2, -0.15) is 0 Å². The van der Waals surface area contributed by atoms with Crippen molar-refractivity contribution < 1.29 is 10.2 Å². The van der Waals surface area contributed by atoms with E-state index in [0.29, 0.717) is 0 Å². The van der Waals surface area contributed by atoms with Crippen LogP contribution in [0.15, 0.2) is 48.5 Å². The van der Waals surface area contributed by atoms with Gasteiger partial charge in [0.25, 0.3) is 0 Å². The Morgan fingerprint density at radius 1 is 0.667 bits per heavy atom. The van der Waals surface area contributed by atoms with Gasteiger partial charge >= 0.3 is 0 Å². The highest BCUT2D eigenvalue weighted by Crippen LogP contribution is 2.32. The number of benzene rings is 2. The summed E-state index contributed by atoms with van der Waals surface area (Å²) in [6.07, 6.45) is 1.03. The zero-order chi connectivity index (χ0) is 17.7. The SMILES string of the molecule is CCC(=C(CC)c1ccc(C(C)O)cc1)c1ccc(C(C)O)cc1. The Morgan fingerprint density at radius 2 is 0.958 bits per heavy atom. The van der Waals surface area contributed by atoms with E-state index in [9.17, 15) is 10.2 Å². The summed E-state index contributed by atoms with van der Waals surface area (Å²) in [5, 5.41) is 19.4. The Morgan fingerprint density at radius 3 is 1.17 bits per heavy atom. The quantitative estimate of drug-likeness (QED) is 0.686. The molecule has 0 saturated carbocycles. The van der Waals surface area contributed by atoms with Gasteiger partial charge in [0.15, 0.2) is 0 Å². The van der Waals surface area contributed by atoms with Gasteiger partial charge in [0, 0.05) is 0 Å². The summed E-state index contributed by atoms with van der Waals surface area (Å²) in [4.78, 5) is 0. The van der Waals surface area contributed by atoms with Gasteiger partial charge in [-0.25, -0.2) is 0 Å². The average Bonchev–Trinajstić information content (AvgIpc) is 2.59. The summed E-state index contributed by atoms with van der Waals surface area (Å²) in [5.41, 5.74) is 6.96. The second kappa shape index (κ2) is 8.27. The third-order valence-corrected chi connectivity index (χ3v) is 4.55. The molecule has 0 radical (unpaired) electrons. The molecule has 0 amide bonds. The molecule has 2 unspecified atom stereocenters. The van der Waals surface area contributed by atoms with Gasteiger partial charge in [0.2, 0.25) is 0 Å². The lowest BCUT2D eigenvalue weighted by atomic mass is 9.90. The van der Waals surface area contributed by atoms with Gasteiger partial charge in [0.1, 0.15) is 0 Å². The lowest BCUT2D eigenvalue weighted by Gasteiger charge is -2.16. The molecule has 2 N–H and O–H groups in total. The van der Waals surface area contributed by atoms with Gasteiger partial charge in [-0.05, 0) is 60.1 Å². The Hall–Kier alpha value is -1.90. The minimum absolute atomic E-state index is 0.438. The summed E-state index contributed by atoms with van der Waals surface area (Å²) in [6.45, 7) is 7.93. The minimum Gasteiger partial charge on any atom is -0.389 e. The number of hydrogen-bond acceptors (Lipinski definition) is 2. The summed E-state index contributed by atoms with van der Waals surface area (Å²) < 4.78 is 0. The molecule has 2 rings (SSSR count). The standard InChI is InChI=1S/C22H28O2/c1-5-21(19-11-7-17(8-12-19)15(3)23)22(6-2)20-13-9-18(10-14-20)16(4)24/h7-16,23-24H,5-6H2,1-4H3. The average molecular weight is 324 g/mol. The van der Waals surface area contributed by atoms with Gasteiger partial charge in [-0.3, -0.25) is 0 Å². The van der Waals surface area contributed by atoms with Crippen molar-refractivity contribution in [1.82, 2.24) is 0 Å². The van der Waals surface area contributed by atoms with Crippen LogP contribution in [0.1, 0.15) is 75.0 Å². The van der Waals surface area contributed by atoms with Crippen LogP contribution in [0, 0.1) is 0 Å². The second-order valence-electron chi connectivity index (χ2n) is 6.26. The molecule has 0 aliphatic rings. The van der Waals surface area contributed by atoms with Gasteiger partial charge in [-0.15, -0.1) is 0 Å². The summed E-state index contributed by atoms with van der Waals surface area (Å²) >= 11 is 0. The predicted molar refractivity (Wildman–Crippen MR) is 102 cm³/mol. The smallest absolute Gasteiger partial charge is 0.0761 e. The predicted octanol–water partition coefficient (Wildman–Crippen LogP) is 5.52. The maximum absolute atomic E-state index is 9.68. The van der Waals surface area contributed by atoms with Crippen molar-refractivity contribution in [1.29, 1.82) is 0 Å². The zero-order valence-electron chi connectivity index (χ0n) is 15.1. The van der Waals surface area contributed by atoms with Crippen LogP contribution in [0.2, 0.25) is 0 Å². The summed E-state index contributed by atoms with van der Waals surface area (Å²) in [7, 11) is 0. The molecule has 0 spiro atoms. The third kappa shape index (κ3) is 4.14. The monoisotopic (exact) mass is 324 g/mol. The van der Waals surface area contributed by atoms with Crippen LogP contribution in [0.5, 0.6) is 0 Å². The van der Waals surface area contributed by atoms with Crippen LogP contribution in [0.25, 0.3) is 11.1 Å². The van der Waals surface area contributed by atoms with Crippen molar-refractivity contribution in [3.05, 3.63) is 70.8 Å². The van der Waals surface area contributed by atoms with Crippen molar-refractivity contribution in [2.45, 2.75) is 52.7 Å². The van der Waals surface area contributed by atoms with E-state index in [-0.39, 0.29) is 0 Å². The summed E-state index contributed by atoms with van der Waals surface area (Å²) in [5.74, 6) is 0. The maximum atomic E-state index is 9.68. The lowest BCUT2D eigenvalue weighted by molar-refractivity contribution is 0.199. The molecule has 0 saturated heterocycles. The molecule has 128 valence electrons. The summed E-state index contributed by atoms with van der Waals surface area (Å²) in [6, 6.07) is 16.4. The molecule has 2 atom stereocenters. The molecular weight excluding hydrogens is 296 g/mol. The van der Waals surface area contributed by atoms with E-state index in [1.165, 1.54) is 22.3 Å². The van der Waals surface area contributed by atoms with E-state index in [1.54, 1.807) is 13.8 Å². The van der Waals surface area contributed by atoms with Gasteiger partial charge in [-0.1, -0.05) is 62.4 Å². The van der Waals surface area contributed by atoms with E-state index >= 15 is 0 Å². The molecule has 0 aliphatic carbocycles. The highest BCUT2D eigenvalue weighted by atomic mass is 16.3. The van der Waals surface area contributed by atoms with E-state index in [2.05, 4.69) is 38.1 Å². The Balaban J connectivity index is 2.45. The first-order chi connectivity index (χ1) is 11.5. The fraction of sp³-hybridized carbons (Fsp3) is 0.364. The highest BCUT2D eigenvalue weighted by Gasteiger charge is 2.10. The minimum atomic E-state index is -0.438. The van der Waals surface area contributed by atoms with E-state index in [0.717, 1.165) is 24.0 Å². The van der Waals surface area contributed by atoms with Crippen LogP contribution >= 0.6 is 0 Å². The van der Waals surface area contributed by atoms with Crippen molar-refractivity contribution >= 4 is 11.1 Å². The molecule has 2 heteroatoms. The maximum Gasteiger partial charge on any atom is 0.0761 e. The first kappa shape index (κ1) is 18.4. The molecule has 0 fully saturated rings. The third-order valence-electron chi connectivity index (χ3n) is 4.55. The van der Waals surface area contributed by atoms with E-state index < -0.39 is 12.2 Å². The first-order valence-electron chi connectivity index (χ1n) is 8.76. The normalized spacial score (nSPS) is 14.9. The molecule has 0 aliphatic heterocycles. The molecule has 2 aromatic rings. The van der Waals surface area contributed by atoms with Gasteiger partial charge < -0.3 is 10.2 Å². The largest absolute Gasteiger partial charge is 0.389 e. The van der Waals surface area contributed by atoms with Crippen molar-refractivity contribution in [3.8, 4) is 0 Å². The van der Waals surface area contributed by atoms with E-state index in [4.69, 9.17) is 0 Å². The number of rotatable bonds is 6. The van der Waals surface area contributed by atoms with Crippen LogP contribution in [0.3, 0.4) is 0 Å². The number of hydrogen-bond donors (Lipinski definition) is 2. The van der Waals surface area contributed by atoms with Gasteiger partial charge in [0.05, 0.1) is 12.2 Å². The topological polar surface area (TPSA) is 40.5 Å². The first-order valence-corrected chi connectivity index (χ1v) is 8.76. The molecule has 24 heavy (non-hydrogen) atoms. The molecular formula is C22H28O2. The molecule has 2 aromatic carbocycles. The second-order valence-corrected chi connectivity index (χ2v) is 6.26. The lowest BCUT2D eigenvalue weighted by Crippen LogP contribution is -1.95. The number of aliphatic hydroxyl groups excluding tert-OH is 2. The van der Waals surface area contributed by atoms with Crippen LogP contribution in [-0.4, -0.2) is 10.2 Å². The Labute approximate surface area is 145 Å². The van der Waals surface area contributed by atoms with Crippen molar-refractivity contribution in [2.24, 2.45) is 0 Å². The van der Waals surface area contributed by atoms with Crippen LogP contribution in [-0.2, 0) is 0 Å². The number of allylic oxidation sites excluding steroid dienone is 2. The van der Waals surface area contributed by atoms with Crippen LogP contribution < -0.4 is 0 Å². The zero-order valence-corrected chi connectivity index (χ0v) is 15.1.